The van der Waals surface area contributed by atoms with Crippen LogP contribution >= 0.6 is 0 Å². The maximum absolute atomic E-state index is 13.3. The molecular formula is C23H24N6O8. The van der Waals surface area contributed by atoms with E-state index in [-0.39, 0.29) is 28.2 Å². The smallest absolute Gasteiger partial charge is 0.280 e. The largest absolute Gasteiger partial charge is 0.394 e. The Morgan fingerprint density at radius 3 is 2.35 bits per heavy atom. The number of aromatic amines is 1. The number of nitrogens with zero attached hydrogens (tertiary/aromatic N) is 4. The number of carbonyl (C=O) groups is 3. The predicted molar refractivity (Wildman–Crippen MR) is 125 cm³/mol. The highest BCUT2D eigenvalue weighted by Gasteiger charge is 2.45. The number of nitrogens with one attached hydrogen (secondary N) is 2. The number of rotatable bonds is 6. The van der Waals surface area contributed by atoms with Gasteiger partial charge in [0.05, 0.1) is 24.1 Å². The number of amides is 3. The van der Waals surface area contributed by atoms with Gasteiger partial charge in [-0.25, -0.2) is 4.98 Å². The predicted octanol–water partition coefficient (Wildman–Crippen LogP) is -1.01. The number of hydrogen-bond donors (Lipinski definition) is 5. The van der Waals surface area contributed by atoms with Gasteiger partial charge in [0.25, 0.3) is 17.4 Å². The van der Waals surface area contributed by atoms with Crippen LogP contribution < -0.4 is 10.9 Å². The number of aromatic nitrogens is 4. The first-order chi connectivity index (χ1) is 17.6. The molecule has 2 aromatic heterocycles. The monoisotopic (exact) mass is 512 g/mol. The van der Waals surface area contributed by atoms with Crippen molar-refractivity contribution >= 4 is 34.8 Å². The first-order valence-electron chi connectivity index (χ1n) is 11.5. The molecule has 5 atom stereocenters. The molecule has 194 valence electrons. The Balaban J connectivity index is 1.46. The van der Waals surface area contributed by atoms with Crippen LogP contribution in [0.3, 0.4) is 0 Å². The lowest BCUT2D eigenvalue weighted by Crippen LogP contribution is -2.50. The van der Waals surface area contributed by atoms with Crippen LogP contribution in [0.1, 0.15) is 40.8 Å². The molecule has 37 heavy (non-hydrogen) atoms. The summed E-state index contributed by atoms with van der Waals surface area (Å²) in [6.07, 6.45) is -3.94. The van der Waals surface area contributed by atoms with Crippen molar-refractivity contribution in [1.29, 1.82) is 0 Å². The molecule has 0 saturated carbocycles. The van der Waals surface area contributed by atoms with Gasteiger partial charge in [0.2, 0.25) is 11.9 Å². The van der Waals surface area contributed by atoms with E-state index >= 15 is 0 Å². The summed E-state index contributed by atoms with van der Waals surface area (Å²) in [4.78, 5) is 63.4. The highest BCUT2D eigenvalue weighted by molar-refractivity contribution is 6.23. The molecule has 1 fully saturated rings. The van der Waals surface area contributed by atoms with Crippen LogP contribution in [-0.2, 0) is 9.53 Å². The molecular weight excluding hydrogens is 488 g/mol. The van der Waals surface area contributed by atoms with Gasteiger partial charge in [-0.05, 0) is 18.1 Å². The number of aliphatic hydroxyl groups excluding tert-OH is 3. The van der Waals surface area contributed by atoms with E-state index in [0.29, 0.717) is 0 Å². The van der Waals surface area contributed by atoms with Crippen molar-refractivity contribution < 1.29 is 34.4 Å². The zero-order valence-electron chi connectivity index (χ0n) is 19.7. The molecule has 3 aromatic rings. The van der Waals surface area contributed by atoms with Crippen molar-refractivity contribution in [3.05, 3.63) is 52.1 Å². The third kappa shape index (κ3) is 3.90. The van der Waals surface area contributed by atoms with Crippen molar-refractivity contribution in [3.8, 4) is 0 Å². The molecule has 0 bridgehead atoms. The van der Waals surface area contributed by atoms with Crippen LogP contribution in [0.25, 0.3) is 11.2 Å². The molecule has 1 saturated heterocycles. The molecule has 0 aliphatic carbocycles. The number of imidazole rings is 1. The van der Waals surface area contributed by atoms with E-state index in [0.717, 1.165) is 4.90 Å². The van der Waals surface area contributed by atoms with Gasteiger partial charge in [0, 0.05) is 0 Å². The Labute approximate surface area is 208 Å². The van der Waals surface area contributed by atoms with Crippen LogP contribution in [0.15, 0.2) is 35.4 Å². The number of fused-ring (bicyclic) bond motifs is 2. The maximum Gasteiger partial charge on any atom is 0.280 e. The Bertz CT molecular complexity index is 1430. The first kappa shape index (κ1) is 24.7. The van der Waals surface area contributed by atoms with Gasteiger partial charge in [0.15, 0.2) is 17.4 Å². The van der Waals surface area contributed by atoms with Crippen LogP contribution in [0.2, 0.25) is 0 Å². The van der Waals surface area contributed by atoms with E-state index in [1.54, 1.807) is 26.0 Å². The molecule has 0 spiro atoms. The summed E-state index contributed by atoms with van der Waals surface area (Å²) >= 11 is 0. The molecule has 2 aliphatic heterocycles. The molecule has 1 aromatic carbocycles. The molecule has 5 rings (SSSR count). The number of anilines is 1. The molecule has 0 radical (unpaired) electrons. The standard InChI is InChI=1S/C23H24N6O8/c1-9(2)14(29-20(35)10-5-3-4-6-11(10)21(29)36)19(34)27-23-25-17-13(18(33)26-23)24-8-28(17)22-16(32)15(31)12(7-30)37-22/h3-6,8-9,12,14-16,22,30-32H,7H2,1-2H3,(H2,25,26,27,33,34)/t12-,14+,15+,16-,22+/m0/s1. The fourth-order valence-corrected chi connectivity index (χ4v) is 4.65. The summed E-state index contributed by atoms with van der Waals surface area (Å²) in [7, 11) is 0. The van der Waals surface area contributed by atoms with Crippen molar-refractivity contribution in [1.82, 2.24) is 24.4 Å². The van der Waals surface area contributed by atoms with Crippen molar-refractivity contribution in [3.63, 3.8) is 0 Å². The molecule has 14 heteroatoms. The van der Waals surface area contributed by atoms with E-state index in [1.807, 2.05) is 0 Å². The molecule has 4 heterocycles. The second-order valence-electron chi connectivity index (χ2n) is 9.17. The van der Waals surface area contributed by atoms with Crippen molar-refractivity contribution in [2.45, 2.75) is 44.4 Å². The molecule has 14 nitrogen and oxygen atoms in total. The van der Waals surface area contributed by atoms with Gasteiger partial charge in [-0.15, -0.1) is 0 Å². The van der Waals surface area contributed by atoms with E-state index in [9.17, 15) is 34.5 Å². The van der Waals surface area contributed by atoms with Gasteiger partial charge in [0.1, 0.15) is 24.4 Å². The number of imide groups is 1. The number of H-pyrrole nitrogens is 1. The lowest BCUT2D eigenvalue weighted by atomic mass is 10.0. The van der Waals surface area contributed by atoms with Gasteiger partial charge in [-0.1, -0.05) is 26.0 Å². The van der Waals surface area contributed by atoms with Crippen molar-refractivity contribution in [2.75, 3.05) is 11.9 Å². The third-order valence-corrected chi connectivity index (χ3v) is 6.47. The minimum Gasteiger partial charge on any atom is -0.394 e. The molecule has 0 unspecified atom stereocenters. The zero-order valence-corrected chi connectivity index (χ0v) is 19.7. The third-order valence-electron chi connectivity index (χ3n) is 6.47. The summed E-state index contributed by atoms with van der Waals surface area (Å²) in [6.45, 7) is 2.79. The molecule has 3 amide bonds. The lowest BCUT2D eigenvalue weighted by molar-refractivity contribution is -0.121. The van der Waals surface area contributed by atoms with E-state index < -0.39 is 66.4 Å². The first-order valence-corrected chi connectivity index (χ1v) is 11.5. The molecule has 5 N–H and O–H groups in total. The highest BCUT2D eigenvalue weighted by Crippen LogP contribution is 2.31. The minimum atomic E-state index is -1.45. The Hall–Kier alpha value is -3.98. The lowest BCUT2D eigenvalue weighted by Gasteiger charge is -2.28. The summed E-state index contributed by atoms with van der Waals surface area (Å²) in [6, 6.07) is 5.06. The summed E-state index contributed by atoms with van der Waals surface area (Å²) in [5, 5.41) is 32.3. The van der Waals surface area contributed by atoms with Gasteiger partial charge in [-0.2, -0.15) is 4.98 Å². The van der Waals surface area contributed by atoms with Crippen molar-refractivity contribution in [2.24, 2.45) is 5.92 Å². The van der Waals surface area contributed by atoms with Crippen LogP contribution in [0.4, 0.5) is 5.95 Å². The second-order valence-corrected chi connectivity index (χ2v) is 9.17. The van der Waals surface area contributed by atoms with E-state index in [2.05, 4.69) is 20.3 Å². The minimum absolute atomic E-state index is 0.0734. The highest BCUT2D eigenvalue weighted by atomic mass is 16.6. The average molecular weight is 512 g/mol. The number of aliphatic hydroxyl groups is 3. The van der Waals surface area contributed by atoms with Crippen LogP contribution in [0.5, 0.6) is 0 Å². The fraction of sp³-hybridized carbons (Fsp3) is 0.391. The quantitative estimate of drug-likeness (QED) is 0.255. The number of benzene rings is 1. The normalized spacial score (nSPS) is 24.2. The van der Waals surface area contributed by atoms with Gasteiger partial charge < -0.3 is 20.1 Å². The SMILES string of the molecule is CC(C)[C@H](C(=O)Nc1nc2c(ncn2[C@@H]2O[C@@H](CO)[C@@H](O)[C@@H]2O)c(=O)[nH]1)N1C(=O)c2ccccc2C1=O. The topological polar surface area (TPSA) is 200 Å². The summed E-state index contributed by atoms with van der Waals surface area (Å²) in [5.74, 6) is -2.74. The Morgan fingerprint density at radius 2 is 1.78 bits per heavy atom. The van der Waals surface area contributed by atoms with Gasteiger partial charge >= 0.3 is 0 Å². The second kappa shape index (κ2) is 9.15. The Kier molecular flexibility index (Phi) is 6.11. The maximum atomic E-state index is 13.3. The Morgan fingerprint density at radius 1 is 1.14 bits per heavy atom. The summed E-state index contributed by atoms with van der Waals surface area (Å²) < 4.78 is 6.69. The number of hydrogen-bond acceptors (Lipinski definition) is 10. The molecule has 2 aliphatic rings. The number of ether oxygens (including phenoxy) is 1. The fourth-order valence-electron chi connectivity index (χ4n) is 4.65. The van der Waals surface area contributed by atoms with E-state index in [4.69, 9.17) is 4.74 Å². The summed E-state index contributed by atoms with van der Waals surface area (Å²) in [5.41, 5.74) is -0.526. The zero-order chi connectivity index (χ0) is 26.6. The van der Waals surface area contributed by atoms with Crippen LogP contribution in [-0.4, -0.2) is 88.4 Å². The average Bonchev–Trinajstić information content (AvgIpc) is 3.49. The van der Waals surface area contributed by atoms with Gasteiger partial charge in [-0.3, -0.25) is 38.9 Å². The van der Waals surface area contributed by atoms with E-state index in [1.165, 1.54) is 23.0 Å². The number of carbonyl (C=O) groups excluding carboxylic acids is 3. The van der Waals surface area contributed by atoms with Crippen LogP contribution in [0, 0.1) is 5.92 Å².